The zero-order valence-corrected chi connectivity index (χ0v) is 11.8. The Hall–Kier alpha value is -2.63. The molecule has 0 N–H and O–H groups in total. The fraction of sp³-hybridized carbons (Fsp3) is 0.267. The normalized spacial score (nSPS) is 13.2. The summed E-state index contributed by atoms with van der Waals surface area (Å²) in [6.45, 7) is 5.64. The molecule has 1 aliphatic rings. The van der Waals surface area contributed by atoms with Crippen molar-refractivity contribution < 1.29 is 4.92 Å². The molecule has 0 bridgehead atoms. The standard InChI is InChI=1S/C15H14N4O2/c1-9-7-11-13(8-10(9)2)18-6-5-17-4-3-12(19(20)21)14(17)15(18)16-11/h3-4,7-8H,5-6H2,1-2H3. The molecular weight excluding hydrogens is 268 g/mol. The number of nitrogens with zero attached hydrogens (tertiary/aromatic N) is 4. The molecule has 0 unspecified atom stereocenters. The first-order chi connectivity index (χ1) is 10.1. The first-order valence-electron chi connectivity index (χ1n) is 6.87. The van der Waals surface area contributed by atoms with Crippen LogP contribution in [0, 0.1) is 24.0 Å². The van der Waals surface area contributed by atoms with Crippen LogP contribution in [-0.2, 0) is 13.1 Å². The van der Waals surface area contributed by atoms with Gasteiger partial charge in [-0.2, -0.15) is 0 Å². The molecule has 0 atom stereocenters. The van der Waals surface area contributed by atoms with E-state index in [1.807, 2.05) is 4.57 Å². The minimum absolute atomic E-state index is 0.125. The third kappa shape index (κ3) is 1.55. The van der Waals surface area contributed by atoms with Crippen molar-refractivity contribution in [2.75, 3.05) is 0 Å². The van der Waals surface area contributed by atoms with Crippen LogP contribution in [0.3, 0.4) is 0 Å². The molecule has 4 rings (SSSR count). The van der Waals surface area contributed by atoms with Gasteiger partial charge in [0.2, 0.25) is 0 Å². The van der Waals surface area contributed by atoms with Gasteiger partial charge in [-0.15, -0.1) is 0 Å². The third-order valence-electron chi connectivity index (χ3n) is 4.28. The monoisotopic (exact) mass is 282 g/mol. The van der Waals surface area contributed by atoms with Gasteiger partial charge in [-0.05, 0) is 37.1 Å². The smallest absolute Gasteiger partial charge is 0.298 e. The van der Waals surface area contributed by atoms with Crippen molar-refractivity contribution in [3.63, 3.8) is 0 Å². The summed E-state index contributed by atoms with van der Waals surface area (Å²) < 4.78 is 4.00. The highest BCUT2D eigenvalue weighted by molar-refractivity contribution is 5.83. The Morgan fingerprint density at radius 1 is 1.24 bits per heavy atom. The van der Waals surface area contributed by atoms with Gasteiger partial charge in [0.15, 0.2) is 11.5 Å². The van der Waals surface area contributed by atoms with E-state index in [9.17, 15) is 10.1 Å². The quantitative estimate of drug-likeness (QED) is 0.509. The van der Waals surface area contributed by atoms with E-state index in [2.05, 4.69) is 35.5 Å². The molecule has 0 aliphatic carbocycles. The molecule has 0 radical (unpaired) electrons. The highest BCUT2D eigenvalue weighted by Crippen LogP contribution is 2.36. The Kier molecular flexibility index (Phi) is 2.28. The summed E-state index contributed by atoms with van der Waals surface area (Å²) in [6, 6.07) is 5.72. The molecular formula is C15H14N4O2. The van der Waals surface area contributed by atoms with Gasteiger partial charge in [0.25, 0.3) is 5.69 Å². The molecule has 0 spiro atoms. The van der Waals surface area contributed by atoms with Crippen LogP contribution in [0.25, 0.3) is 22.6 Å². The van der Waals surface area contributed by atoms with E-state index in [1.165, 1.54) is 11.1 Å². The van der Waals surface area contributed by atoms with Crippen LogP contribution in [0.2, 0.25) is 0 Å². The molecule has 1 aromatic carbocycles. The predicted octanol–water partition coefficient (Wildman–Crippen LogP) is 3.04. The Labute approximate surface area is 120 Å². The third-order valence-corrected chi connectivity index (χ3v) is 4.28. The highest BCUT2D eigenvalue weighted by atomic mass is 16.6. The first kappa shape index (κ1) is 12.1. The lowest BCUT2D eigenvalue weighted by atomic mass is 10.1. The Bertz CT molecular complexity index is 904. The average Bonchev–Trinajstić information content (AvgIpc) is 3.00. The van der Waals surface area contributed by atoms with Crippen LogP contribution >= 0.6 is 0 Å². The summed E-state index contributed by atoms with van der Waals surface area (Å²) in [5.41, 5.74) is 5.08. The molecule has 0 saturated heterocycles. The minimum atomic E-state index is -0.336. The van der Waals surface area contributed by atoms with Gasteiger partial charge in [-0.1, -0.05) is 0 Å². The van der Waals surface area contributed by atoms with Crippen molar-refractivity contribution in [1.29, 1.82) is 0 Å². The summed E-state index contributed by atoms with van der Waals surface area (Å²) in [5, 5.41) is 11.2. The molecule has 6 heteroatoms. The maximum atomic E-state index is 11.2. The van der Waals surface area contributed by atoms with E-state index >= 15 is 0 Å². The lowest BCUT2D eigenvalue weighted by Crippen LogP contribution is -2.16. The van der Waals surface area contributed by atoms with E-state index in [-0.39, 0.29) is 10.6 Å². The Morgan fingerprint density at radius 2 is 2.00 bits per heavy atom. The molecule has 106 valence electrons. The molecule has 3 heterocycles. The van der Waals surface area contributed by atoms with Crippen molar-refractivity contribution in [2.45, 2.75) is 26.9 Å². The van der Waals surface area contributed by atoms with Crippen molar-refractivity contribution in [2.24, 2.45) is 0 Å². The van der Waals surface area contributed by atoms with Gasteiger partial charge < -0.3 is 9.13 Å². The number of rotatable bonds is 1. The topological polar surface area (TPSA) is 65.9 Å². The number of nitro groups is 1. The summed E-state index contributed by atoms with van der Waals surface area (Å²) in [5.74, 6) is 0.693. The van der Waals surface area contributed by atoms with Gasteiger partial charge in [0.1, 0.15) is 0 Å². The zero-order chi connectivity index (χ0) is 14.7. The molecule has 2 aromatic heterocycles. The first-order valence-corrected chi connectivity index (χ1v) is 6.87. The Morgan fingerprint density at radius 3 is 2.76 bits per heavy atom. The van der Waals surface area contributed by atoms with E-state index in [4.69, 9.17) is 0 Å². The average molecular weight is 282 g/mol. The van der Waals surface area contributed by atoms with Crippen LogP contribution in [0.4, 0.5) is 5.69 Å². The maximum Gasteiger partial charge on any atom is 0.298 e. The molecule has 0 fully saturated rings. The minimum Gasteiger partial charge on any atom is -0.337 e. The zero-order valence-electron chi connectivity index (χ0n) is 11.8. The summed E-state index contributed by atoms with van der Waals surface area (Å²) in [6.07, 6.45) is 1.77. The number of fused-ring (bicyclic) bond motifs is 5. The van der Waals surface area contributed by atoms with Gasteiger partial charge in [-0.25, -0.2) is 4.98 Å². The molecule has 1 aliphatic heterocycles. The lowest BCUT2D eigenvalue weighted by Gasteiger charge is -2.17. The lowest BCUT2D eigenvalue weighted by molar-refractivity contribution is -0.384. The summed E-state index contributed by atoms with van der Waals surface area (Å²) in [4.78, 5) is 15.5. The van der Waals surface area contributed by atoms with E-state index < -0.39 is 0 Å². The number of hydrogen-bond acceptors (Lipinski definition) is 3. The second-order valence-corrected chi connectivity index (χ2v) is 5.51. The van der Waals surface area contributed by atoms with Crippen molar-refractivity contribution >= 4 is 16.7 Å². The van der Waals surface area contributed by atoms with Crippen LogP contribution < -0.4 is 0 Å². The van der Waals surface area contributed by atoms with Crippen LogP contribution in [-0.4, -0.2) is 19.0 Å². The number of benzene rings is 1. The van der Waals surface area contributed by atoms with Gasteiger partial charge in [0.05, 0.1) is 16.0 Å². The SMILES string of the molecule is Cc1cc2nc3n(c2cc1C)CCn1ccc([N+](=O)[O-])c1-3. The molecule has 0 saturated carbocycles. The summed E-state index contributed by atoms with van der Waals surface area (Å²) >= 11 is 0. The molecule has 3 aromatic rings. The second kappa shape index (κ2) is 3.94. The predicted molar refractivity (Wildman–Crippen MR) is 79.3 cm³/mol. The van der Waals surface area contributed by atoms with Crippen LogP contribution in [0.1, 0.15) is 11.1 Å². The van der Waals surface area contributed by atoms with Gasteiger partial charge in [-0.3, -0.25) is 10.1 Å². The van der Waals surface area contributed by atoms with Gasteiger partial charge in [0, 0.05) is 25.4 Å². The number of aryl methyl sites for hydroxylation is 4. The number of hydrogen-bond donors (Lipinski definition) is 0. The maximum absolute atomic E-state index is 11.2. The molecule has 0 amide bonds. The number of aromatic nitrogens is 3. The van der Waals surface area contributed by atoms with Crippen molar-refractivity contribution in [3.05, 3.63) is 45.6 Å². The van der Waals surface area contributed by atoms with E-state index in [1.54, 1.807) is 12.3 Å². The Balaban J connectivity index is 2.07. The number of imidazole rings is 1. The van der Waals surface area contributed by atoms with E-state index in [0.717, 1.165) is 24.1 Å². The van der Waals surface area contributed by atoms with Gasteiger partial charge >= 0.3 is 0 Å². The van der Waals surface area contributed by atoms with Crippen molar-refractivity contribution in [3.8, 4) is 11.5 Å². The highest BCUT2D eigenvalue weighted by Gasteiger charge is 2.28. The second-order valence-electron chi connectivity index (χ2n) is 5.51. The van der Waals surface area contributed by atoms with Crippen LogP contribution in [0.15, 0.2) is 24.4 Å². The molecule has 6 nitrogen and oxygen atoms in total. The fourth-order valence-corrected chi connectivity index (χ4v) is 3.03. The largest absolute Gasteiger partial charge is 0.337 e. The molecule has 21 heavy (non-hydrogen) atoms. The van der Waals surface area contributed by atoms with E-state index in [0.29, 0.717) is 11.5 Å². The summed E-state index contributed by atoms with van der Waals surface area (Å²) in [7, 11) is 0. The fourth-order valence-electron chi connectivity index (χ4n) is 3.03. The van der Waals surface area contributed by atoms with Crippen LogP contribution in [0.5, 0.6) is 0 Å². The van der Waals surface area contributed by atoms with Crippen molar-refractivity contribution in [1.82, 2.24) is 14.1 Å².